The van der Waals surface area contributed by atoms with Gasteiger partial charge in [-0.3, -0.25) is 0 Å². The first-order valence-electron chi connectivity index (χ1n) is 9.32. The number of fused-ring (bicyclic) bond motifs is 2. The van der Waals surface area contributed by atoms with Crippen LogP contribution in [0.15, 0.2) is 41.9 Å². The maximum absolute atomic E-state index is 9.91. The Labute approximate surface area is 158 Å². The number of hydrogen-bond donors (Lipinski definition) is 2. The summed E-state index contributed by atoms with van der Waals surface area (Å²) >= 11 is 0. The highest BCUT2D eigenvalue weighted by molar-refractivity contribution is 5.75. The van der Waals surface area contributed by atoms with Gasteiger partial charge in [-0.05, 0) is 37.0 Å². The molecule has 2 aromatic rings. The number of aliphatic imine (C=N–C) groups is 1. The van der Waals surface area contributed by atoms with Gasteiger partial charge in [-0.2, -0.15) is 0 Å². The fraction of sp³-hybridized carbons (Fsp3) is 0.450. The van der Waals surface area contributed by atoms with E-state index in [2.05, 4.69) is 21.0 Å². The second kappa shape index (κ2) is 7.15. The molecule has 0 bridgehead atoms. The summed E-state index contributed by atoms with van der Waals surface area (Å²) in [5.41, 5.74) is 8.21. The minimum atomic E-state index is -0.550. The molecule has 0 saturated heterocycles. The topological polar surface area (TPSA) is 103 Å². The van der Waals surface area contributed by atoms with Crippen molar-refractivity contribution < 1.29 is 14.6 Å². The molecule has 2 aliphatic rings. The third-order valence-corrected chi connectivity index (χ3v) is 5.31. The van der Waals surface area contributed by atoms with Gasteiger partial charge in [0.15, 0.2) is 0 Å². The molecular formula is C20H24N4O3. The smallest absolute Gasteiger partial charge is 0.283 e. The average molecular weight is 368 g/mol. The summed E-state index contributed by atoms with van der Waals surface area (Å²) in [6.45, 7) is 2.38. The van der Waals surface area contributed by atoms with E-state index in [0.717, 1.165) is 35.3 Å². The molecule has 7 heteroatoms. The molecule has 0 fully saturated rings. The third kappa shape index (κ3) is 3.47. The SMILES string of the molecule is CCC(O)CC[C@H]1CC2(COC(N)=N2)c2cc(-c3cncnc3)ccc2O1. The normalized spacial score (nSPS) is 24.7. The predicted octanol–water partition coefficient (Wildman–Crippen LogP) is 2.39. The van der Waals surface area contributed by atoms with Crippen LogP contribution in [0.2, 0.25) is 0 Å². The van der Waals surface area contributed by atoms with E-state index in [4.69, 9.17) is 15.2 Å². The van der Waals surface area contributed by atoms with Gasteiger partial charge in [0.2, 0.25) is 0 Å². The summed E-state index contributed by atoms with van der Waals surface area (Å²) in [4.78, 5) is 12.8. The van der Waals surface area contributed by atoms with E-state index in [1.54, 1.807) is 12.4 Å². The second-order valence-electron chi connectivity index (χ2n) is 7.19. The molecule has 0 amide bonds. The zero-order valence-corrected chi connectivity index (χ0v) is 15.3. The highest BCUT2D eigenvalue weighted by atomic mass is 16.5. The first-order valence-corrected chi connectivity index (χ1v) is 9.32. The molecule has 142 valence electrons. The molecule has 1 aromatic carbocycles. The molecule has 3 N–H and O–H groups in total. The molecule has 4 rings (SSSR count). The molecule has 7 nitrogen and oxygen atoms in total. The minimum absolute atomic E-state index is 0.0390. The van der Waals surface area contributed by atoms with E-state index in [9.17, 15) is 5.11 Å². The van der Waals surface area contributed by atoms with Crippen molar-refractivity contribution in [1.82, 2.24) is 9.97 Å². The Kier molecular flexibility index (Phi) is 4.70. The number of hydrogen-bond acceptors (Lipinski definition) is 7. The lowest BCUT2D eigenvalue weighted by Crippen LogP contribution is -2.38. The molecule has 1 aromatic heterocycles. The molecule has 27 heavy (non-hydrogen) atoms. The van der Waals surface area contributed by atoms with Crippen LogP contribution in [0.3, 0.4) is 0 Å². The first-order chi connectivity index (χ1) is 13.1. The average Bonchev–Trinajstić information content (AvgIpc) is 3.07. The zero-order chi connectivity index (χ0) is 18.9. The van der Waals surface area contributed by atoms with Crippen molar-refractivity contribution in [3.8, 4) is 16.9 Å². The van der Waals surface area contributed by atoms with Crippen LogP contribution < -0.4 is 10.5 Å². The van der Waals surface area contributed by atoms with Gasteiger partial charge in [0.1, 0.15) is 30.3 Å². The molecule has 2 aliphatic heterocycles. The molecule has 3 heterocycles. The summed E-state index contributed by atoms with van der Waals surface area (Å²) in [5, 5.41) is 9.91. The summed E-state index contributed by atoms with van der Waals surface area (Å²) < 4.78 is 11.8. The van der Waals surface area contributed by atoms with Gasteiger partial charge < -0.3 is 20.3 Å². The Balaban J connectivity index is 1.68. The lowest BCUT2D eigenvalue weighted by atomic mass is 9.81. The number of nitrogens with two attached hydrogens (primary N) is 1. The van der Waals surface area contributed by atoms with Crippen LogP contribution in [0.25, 0.3) is 11.1 Å². The number of ether oxygens (including phenoxy) is 2. The van der Waals surface area contributed by atoms with Crippen LogP contribution in [0, 0.1) is 0 Å². The van der Waals surface area contributed by atoms with Crippen molar-refractivity contribution in [2.45, 2.75) is 50.4 Å². The standard InChI is InChI=1S/C20H24N4O3/c1-2-15(25)4-5-16-8-20(11-26-19(21)24-20)17-7-13(3-6-18(17)27-16)14-9-22-12-23-10-14/h3,6-7,9-10,12,15-16,25H,2,4-5,8,11H2,1H3,(H2,21,24)/t15?,16-,20?/m0/s1. The van der Waals surface area contributed by atoms with Crippen LogP contribution in [0.5, 0.6) is 5.75 Å². The Morgan fingerprint density at radius 2 is 2.11 bits per heavy atom. The van der Waals surface area contributed by atoms with Gasteiger partial charge in [-0.25, -0.2) is 15.0 Å². The summed E-state index contributed by atoms with van der Waals surface area (Å²) in [5.74, 6) is 0.792. The first kappa shape index (κ1) is 17.7. The monoisotopic (exact) mass is 368 g/mol. The molecule has 0 aliphatic carbocycles. The van der Waals surface area contributed by atoms with Crippen LogP contribution in [0.1, 0.15) is 38.2 Å². The predicted molar refractivity (Wildman–Crippen MR) is 101 cm³/mol. The van der Waals surface area contributed by atoms with E-state index in [0.29, 0.717) is 19.4 Å². The van der Waals surface area contributed by atoms with Crippen molar-refractivity contribution in [3.63, 3.8) is 0 Å². The molecule has 0 saturated carbocycles. The van der Waals surface area contributed by atoms with Crippen molar-refractivity contribution in [2.24, 2.45) is 10.7 Å². The Hall–Kier alpha value is -2.67. The lowest BCUT2D eigenvalue weighted by molar-refractivity contribution is 0.0791. The Morgan fingerprint density at radius 3 is 2.81 bits per heavy atom. The molecule has 2 unspecified atom stereocenters. The van der Waals surface area contributed by atoms with Crippen molar-refractivity contribution in [2.75, 3.05) is 6.61 Å². The molecule has 3 atom stereocenters. The fourth-order valence-corrected chi connectivity index (χ4v) is 3.79. The van der Waals surface area contributed by atoms with E-state index in [1.807, 2.05) is 19.1 Å². The van der Waals surface area contributed by atoms with Gasteiger partial charge in [0, 0.05) is 29.9 Å². The number of nitrogens with zero attached hydrogens (tertiary/aromatic N) is 3. The summed E-state index contributed by atoms with van der Waals surface area (Å²) in [6, 6.07) is 6.24. The maximum atomic E-state index is 9.91. The number of aliphatic hydroxyl groups excluding tert-OH is 1. The quantitative estimate of drug-likeness (QED) is 0.840. The lowest BCUT2D eigenvalue weighted by Gasteiger charge is -2.37. The van der Waals surface area contributed by atoms with Crippen LogP contribution in [-0.4, -0.2) is 39.9 Å². The van der Waals surface area contributed by atoms with E-state index in [-0.39, 0.29) is 18.2 Å². The molecule has 0 radical (unpaired) electrons. The van der Waals surface area contributed by atoms with Gasteiger partial charge >= 0.3 is 0 Å². The number of aliphatic hydroxyl groups is 1. The minimum Gasteiger partial charge on any atom is -0.490 e. The third-order valence-electron chi connectivity index (χ3n) is 5.31. The van der Waals surface area contributed by atoms with Gasteiger partial charge in [-0.15, -0.1) is 0 Å². The summed E-state index contributed by atoms with van der Waals surface area (Å²) in [6.07, 6.45) is 7.61. The molecule has 1 spiro atoms. The van der Waals surface area contributed by atoms with Crippen molar-refractivity contribution in [3.05, 3.63) is 42.5 Å². The Morgan fingerprint density at radius 1 is 1.30 bits per heavy atom. The Bertz CT molecular complexity index is 842. The van der Waals surface area contributed by atoms with Gasteiger partial charge in [0.25, 0.3) is 6.02 Å². The second-order valence-corrected chi connectivity index (χ2v) is 7.19. The van der Waals surface area contributed by atoms with E-state index < -0.39 is 5.54 Å². The zero-order valence-electron chi connectivity index (χ0n) is 15.3. The van der Waals surface area contributed by atoms with Crippen molar-refractivity contribution >= 4 is 6.02 Å². The number of benzene rings is 1. The van der Waals surface area contributed by atoms with E-state index >= 15 is 0 Å². The molecular weight excluding hydrogens is 344 g/mol. The van der Waals surface area contributed by atoms with Crippen LogP contribution in [0.4, 0.5) is 0 Å². The van der Waals surface area contributed by atoms with E-state index in [1.165, 1.54) is 6.33 Å². The van der Waals surface area contributed by atoms with Crippen molar-refractivity contribution in [1.29, 1.82) is 0 Å². The fourth-order valence-electron chi connectivity index (χ4n) is 3.79. The summed E-state index contributed by atoms with van der Waals surface area (Å²) in [7, 11) is 0. The number of amidine groups is 1. The number of rotatable bonds is 5. The largest absolute Gasteiger partial charge is 0.490 e. The highest BCUT2D eigenvalue weighted by Gasteiger charge is 2.46. The van der Waals surface area contributed by atoms with Gasteiger partial charge in [-0.1, -0.05) is 13.0 Å². The highest BCUT2D eigenvalue weighted by Crippen LogP contribution is 2.46. The number of aromatic nitrogens is 2. The van der Waals surface area contributed by atoms with Crippen LogP contribution in [-0.2, 0) is 10.3 Å². The van der Waals surface area contributed by atoms with Crippen LogP contribution >= 0.6 is 0 Å². The maximum Gasteiger partial charge on any atom is 0.283 e. The van der Waals surface area contributed by atoms with Gasteiger partial charge in [0.05, 0.1) is 6.10 Å².